The molecule has 1 heterocycles. The zero-order chi connectivity index (χ0) is 14.5. The van der Waals surface area contributed by atoms with Crippen molar-refractivity contribution < 1.29 is 4.39 Å². The van der Waals surface area contributed by atoms with Gasteiger partial charge in [-0.2, -0.15) is 0 Å². The topological polar surface area (TPSA) is 29.3 Å². The van der Waals surface area contributed by atoms with E-state index in [0.717, 1.165) is 30.6 Å². The number of piperidine rings is 1. The quantitative estimate of drug-likeness (QED) is 0.885. The first-order chi connectivity index (χ1) is 9.67. The molecule has 3 heteroatoms. The zero-order valence-corrected chi connectivity index (χ0v) is 12.7. The van der Waals surface area contributed by atoms with E-state index in [9.17, 15) is 4.39 Å². The third kappa shape index (κ3) is 3.32. The van der Waals surface area contributed by atoms with E-state index >= 15 is 0 Å². The molecule has 1 aromatic rings. The molecule has 112 valence electrons. The maximum absolute atomic E-state index is 14.3. The van der Waals surface area contributed by atoms with Gasteiger partial charge in [0.05, 0.1) is 0 Å². The van der Waals surface area contributed by atoms with Crippen molar-refractivity contribution in [2.24, 2.45) is 5.73 Å². The van der Waals surface area contributed by atoms with Crippen LogP contribution in [0.4, 0.5) is 10.1 Å². The molecule has 1 aliphatic heterocycles. The van der Waals surface area contributed by atoms with E-state index in [4.69, 9.17) is 5.73 Å². The molecule has 2 atom stereocenters. The van der Waals surface area contributed by atoms with Gasteiger partial charge in [0.25, 0.3) is 0 Å². The number of anilines is 1. The van der Waals surface area contributed by atoms with Crippen molar-refractivity contribution in [1.29, 1.82) is 0 Å². The third-order valence-corrected chi connectivity index (χ3v) is 4.49. The van der Waals surface area contributed by atoms with Crippen molar-refractivity contribution >= 4 is 5.69 Å². The van der Waals surface area contributed by atoms with E-state index in [1.165, 1.54) is 19.3 Å². The van der Waals surface area contributed by atoms with Gasteiger partial charge in [-0.15, -0.1) is 0 Å². The fourth-order valence-electron chi connectivity index (χ4n) is 3.17. The molecule has 0 spiro atoms. The lowest BCUT2D eigenvalue weighted by atomic mass is 9.95. The highest BCUT2D eigenvalue weighted by Gasteiger charge is 2.24. The van der Waals surface area contributed by atoms with E-state index in [2.05, 4.69) is 24.8 Å². The van der Waals surface area contributed by atoms with Gasteiger partial charge in [0.1, 0.15) is 5.82 Å². The molecular weight excluding hydrogens is 251 g/mol. The summed E-state index contributed by atoms with van der Waals surface area (Å²) in [4.78, 5) is 2.41. The van der Waals surface area contributed by atoms with Gasteiger partial charge in [-0.3, -0.25) is 0 Å². The monoisotopic (exact) mass is 278 g/mol. The van der Waals surface area contributed by atoms with E-state index < -0.39 is 0 Å². The number of halogens is 1. The highest BCUT2D eigenvalue weighted by Crippen LogP contribution is 2.31. The van der Waals surface area contributed by atoms with Gasteiger partial charge in [0.2, 0.25) is 0 Å². The molecule has 2 rings (SSSR count). The number of hydrogen-bond acceptors (Lipinski definition) is 2. The van der Waals surface area contributed by atoms with Crippen molar-refractivity contribution in [2.45, 2.75) is 64.5 Å². The first-order valence-corrected chi connectivity index (χ1v) is 7.97. The summed E-state index contributed by atoms with van der Waals surface area (Å²) in [6, 6.07) is 6.03. The molecule has 0 radical (unpaired) electrons. The van der Waals surface area contributed by atoms with Crippen LogP contribution in [0.25, 0.3) is 0 Å². The Morgan fingerprint density at radius 2 is 2.15 bits per heavy atom. The average Bonchev–Trinajstić information content (AvgIpc) is 2.49. The van der Waals surface area contributed by atoms with Crippen molar-refractivity contribution in [3.63, 3.8) is 0 Å². The van der Waals surface area contributed by atoms with Crippen LogP contribution in [-0.2, 0) is 6.42 Å². The number of hydrogen-bond donors (Lipinski definition) is 1. The number of nitrogens with two attached hydrogens (primary N) is 1. The Morgan fingerprint density at radius 3 is 2.85 bits per heavy atom. The standard InChI is InChI=1S/C17H27FN2/c1-3-13(19)12-15-16(18)9-7-10-17(15)20-11-6-5-8-14(20)4-2/h7,9-10,13-14H,3-6,8,11-12,19H2,1-2H3. The van der Waals surface area contributed by atoms with Gasteiger partial charge >= 0.3 is 0 Å². The smallest absolute Gasteiger partial charge is 0.128 e. The van der Waals surface area contributed by atoms with Crippen molar-refractivity contribution in [2.75, 3.05) is 11.4 Å². The van der Waals surface area contributed by atoms with Crippen LogP contribution in [0.3, 0.4) is 0 Å². The van der Waals surface area contributed by atoms with E-state index in [0.29, 0.717) is 12.5 Å². The first-order valence-electron chi connectivity index (χ1n) is 7.97. The van der Waals surface area contributed by atoms with Crippen LogP contribution in [0.5, 0.6) is 0 Å². The lowest BCUT2D eigenvalue weighted by Gasteiger charge is -2.38. The van der Waals surface area contributed by atoms with Crippen LogP contribution in [0, 0.1) is 5.82 Å². The molecule has 0 saturated carbocycles. The molecule has 2 N–H and O–H groups in total. The maximum Gasteiger partial charge on any atom is 0.128 e. The van der Waals surface area contributed by atoms with Crippen LogP contribution in [-0.4, -0.2) is 18.6 Å². The summed E-state index contributed by atoms with van der Waals surface area (Å²) in [5, 5.41) is 0. The molecule has 0 amide bonds. The Morgan fingerprint density at radius 1 is 1.35 bits per heavy atom. The highest BCUT2D eigenvalue weighted by molar-refractivity contribution is 5.55. The second kappa shape index (κ2) is 7.07. The minimum Gasteiger partial charge on any atom is -0.368 e. The highest BCUT2D eigenvalue weighted by atomic mass is 19.1. The summed E-state index contributed by atoms with van der Waals surface area (Å²) in [5.41, 5.74) is 7.93. The Kier molecular flexibility index (Phi) is 5.41. The number of benzene rings is 1. The Balaban J connectivity index is 2.31. The first kappa shape index (κ1) is 15.3. The van der Waals surface area contributed by atoms with Crippen LogP contribution >= 0.6 is 0 Å². The van der Waals surface area contributed by atoms with E-state index in [-0.39, 0.29) is 11.9 Å². The van der Waals surface area contributed by atoms with Crippen molar-refractivity contribution in [3.05, 3.63) is 29.6 Å². The van der Waals surface area contributed by atoms with Crippen LogP contribution in [0.1, 0.15) is 51.5 Å². The SMILES string of the molecule is CCC(N)Cc1c(F)cccc1N1CCCCC1CC. The van der Waals surface area contributed by atoms with Crippen LogP contribution in [0.15, 0.2) is 18.2 Å². The average molecular weight is 278 g/mol. The minimum absolute atomic E-state index is 0.0375. The van der Waals surface area contributed by atoms with Gasteiger partial charge in [-0.25, -0.2) is 4.39 Å². The zero-order valence-electron chi connectivity index (χ0n) is 12.7. The van der Waals surface area contributed by atoms with Gasteiger partial charge in [0, 0.05) is 29.9 Å². The summed E-state index contributed by atoms with van der Waals surface area (Å²) in [7, 11) is 0. The predicted octanol–water partition coefficient (Wildman–Crippen LogP) is 3.87. The summed E-state index contributed by atoms with van der Waals surface area (Å²) in [5.74, 6) is -0.105. The Bertz CT molecular complexity index is 433. The van der Waals surface area contributed by atoms with Crippen molar-refractivity contribution in [3.8, 4) is 0 Å². The molecule has 1 saturated heterocycles. The van der Waals surface area contributed by atoms with Crippen molar-refractivity contribution in [1.82, 2.24) is 0 Å². The second-order valence-corrected chi connectivity index (χ2v) is 5.86. The molecule has 20 heavy (non-hydrogen) atoms. The summed E-state index contributed by atoms with van der Waals surface area (Å²) < 4.78 is 14.3. The fraction of sp³-hybridized carbons (Fsp3) is 0.647. The van der Waals surface area contributed by atoms with Gasteiger partial charge in [-0.05, 0) is 50.7 Å². The molecule has 1 fully saturated rings. The second-order valence-electron chi connectivity index (χ2n) is 5.86. The Hall–Kier alpha value is -1.09. The molecule has 0 bridgehead atoms. The fourth-order valence-corrected chi connectivity index (χ4v) is 3.17. The molecule has 2 nitrogen and oxygen atoms in total. The molecule has 2 unspecified atom stereocenters. The maximum atomic E-state index is 14.3. The predicted molar refractivity (Wildman–Crippen MR) is 83.6 cm³/mol. The number of nitrogens with zero attached hydrogens (tertiary/aromatic N) is 1. The minimum atomic E-state index is -0.105. The summed E-state index contributed by atoms with van der Waals surface area (Å²) in [6.07, 6.45) is 6.33. The van der Waals surface area contributed by atoms with Gasteiger partial charge in [0.15, 0.2) is 0 Å². The Labute approximate surface area is 122 Å². The molecular formula is C17H27FN2. The molecule has 1 aromatic carbocycles. The van der Waals surface area contributed by atoms with Crippen LogP contribution in [0.2, 0.25) is 0 Å². The normalized spacial score (nSPS) is 21.0. The van der Waals surface area contributed by atoms with Gasteiger partial charge in [-0.1, -0.05) is 19.9 Å². The molecule has 0 aromatic heterocycles. The third-order valence-electron chi connectivity index (χ3n) is 4.49. The largest absolute Gasteiger partial charge is 0.368 e. The van der Waals surface area contributed by atoms with Crippen LogP contribution < -0.4 is 10.6 Å². The van der Waals surface area contributed by atoms with E-state index in [1.807, 2.05) is 6.07 Å². The molecule has 1 aliphatic rings. The summed E-state index contributed by atoms with van der Waals surface area (Å²) in [6.45, 7) is 5.32. The van der Waals surface area contributed by atoms with E-state index in [1.54, 1.807) is 6.07 Å². The lowest BCUT2D eigenvalue weighted by molar-refractivity contribution is 0.447. The van der Waals surface area contributed by atoms with Gasteiger partial charge < -0.3 is 10.6 Å². The lowest BCUT2D eigenvalue weighted by Crippen LogP contribution is -2.40. The molecule has 0 aliphatic carbocycles. The number of rotatable bonds is 5. The summed E-state index contributed by atoms with van der Waals surface area (Å²) >= 11 is 0.